The van der Waals surface area contributed by atoms with Gasteiger partial charge in [-0.15, -0.1) is 0 Å². The molecular formula is C10H7BrFN3O. The van der Waals surface area contributed by atoms with Crippen LogP contribution in [0.4, 0.5) is 10.1 Å². The first-order valence-electron chi connectivity index (χ1n) is 4.33. The molecule has 0 saturated heterocycles. The quantitative estimate of drug-likeness (QED) is 0.838. The Hall–Kier alpha value is -1.69. The van der Waals surface area contributed by atoms with Gasteiger partial charge in [-0.1, -0.05) is 0 Å². The van der Waals surface area contributed by atoms with E-state index in [0.29, 0.717) is 15.4 Å². The lowest BCUT2D eigenvalue weighted by Crippen LogP contribution is -2.14. The van der Waals surface area contributed by atoms with E-state index in [1.165, 1.54) is 18.3 Å². The zero-order valence-corrected chi connectivity index (χ0v) is 9.58. The first kappa shape index (κ1) is 10.8. The van der Waals surface area contributed by atoms with E-state index >= 15 is 0 Å². The van der Waals surface area contributed by atoms with Crippen LogP contribution in [-0.2, 0) is 0 Å². The van der Waals surface area contributed by atoms with E-state index in [4.69, 9.17) is 11.5 Å². The van der Waals surface area contributed by atoms with Crippen LogP contribution in [0.3, 0.4) is 0 Å². The maximum absolute atomic E-state index is 13.2. The number of primary amides is 1. The number of nitrogens with two attached hydrogens (primary N) is 2. The molecule has 1 heterocycles. The van der Waals surface area contributed by atoms with E-state index < -0.39 is 11.7 Å². The van der Waals surface area contributed by atoms with Crippen molar-refractivity contribution in [3.63, 3.8) is 0 Å². The molecule has 0 aliphatic rings. The van der Waals surface area contributed by atoms with Crippen molar-refractivity contribution in [2.45, 2.75) is 0 Å². The maximum Gasteiger partial charge on any atom is 0.252 e. The molecule has 16 heavy (non-hydrogen) atoms. The van der Waals surface area contributed by atoms with Crippen LogP contribution in [0.2, 0.25) is 0 Å². The van der Waals surface area contributed by atoms with Gasteiger partial charge < -0.3 is 11.5 Å². The molecule has 0 bridgehead atoms. The first-order chi connectivity index (χ1) is 7.50. The third kappa shape index (κ3) is 1.61. The lowest BCUT2D eigenvalue weighted by Gasteiger charge is -2.07. The van der Waals surface area contributed by atoms with Gasteiger partial charge in [-0.25, -0.2) is 4.39 Å². The second-order valence-corrected chi connectivity index (χ2v) is 4.09. The summed E-state index contributed by atoms with van der Waals surface area (Å²) in [5.41, 5.74) is 11.6. The van der Waals surface area contributed by atoms with E-state index in [1.54, 1.807) is 0 Å². The van der Waals surface area contributed by atoms with Gasteiger partial charge in [0.15, 0.2) is 0 Å². The second kappa shape index (κ2) is 3.71. The monoisotopic (exact) mass is 283 g/mol. The van der Waals surface area contributed by atoms with Gasteiger partial charge in [0.25, 0.3) is 5.91 Å². The topological polar surface area (TPSA) is 82.0 Å². The number of amides is 1. The summed E-state index contributed by atoms with van der Waals surface area (Å²) >= 11 is 3.17. The summed E-state index contributed by atoms with van der Waals surface area (Å²) in [6, 6.07) is 2.49. The number of halogens is 2. The number of hydrogen-bond donors (Lipinski definition) is 2. The molecule has 2 aromatic rings. The maximum atomic E-state index is 13.2. The van der Waals surface area contributed by atoms with Crippen LogP contribution >= 0.6 is 15.9 Å². The highest BCUT2D eigenvalue weighted by molar-refractivity contribution is 9.10. The molecule has 0 aliphatic heterocycles. The Bertz CT molecular complexity index is 600. The fraction of sp³-hybridized carbons (Fsp3) is 0. The molecule has 0 saturated carbocycles. The van der Waals surface area contributed by atoms with Gasteiger partial charge in [-0.05, 0) is 28.1 Å². The fourth-order valence-electron chi connectivity index (χ4n) is 1.44. The fourth-order valence-corrected chi connectivity index (χ4v) is 1.98. The lowest BCUT2D eigenvalue weighted by molar-refractivity contribution is 0.100. The molecule has 2 rings (SSSR count). The molecule has 0 radical (unpaired) electrons. The van der Waals surface area contributed by atoms with Gasteiger partial charge in [-0.3, -0.25) is 9.78 Å². The minimum Gasteiger partial charge on any atom is -0.397 e. The number of fused-ring (bicyclic) bond motifs is 1. The molecular weight excluding hydrogens is 277 g/mol. The summed E-state index contributed by atoms with van der Waals surface area (Å²) in [6.45, 7) is 0. The van der Waals surface area contributed by atoms with Crippen LogP contribution in [0.15, 0.2) is 22.8 Å². The molecule has 0 spiro atoms. The van der Waals surface area contributed by atoms with E-state index in [0.717, 1.165) is 0 Å². The standard InChI is InChI=1S/C10H7BrFN3O/c11-7-2-4(12)1-5-8(13)6(10(14)16)3-15-9(5)7/h1-3H,(H2,13,15)(H2,14,16). The van der Waals surface area contributed by atoms with Crippen LogP contribution in [-0.4, -0.2) is 10.9 Å². The Kier molecular flexibility index (Phi) is 2.51. The highest BCUT2D eigenvalue weighted by atomic mass is 79.9. The highest BCUT2D eigenvalue weighted by Crippen LogP contribution is 2.29. The summed E-state index contributed by atoms with van der Waals surface area (Å²) < 4.78 is 13.7. The minimum atomic E-state index is -0.688. The molecule has 1 aromatic heterocycles. The predicted octanol–water partition coefficient (Wildman–Crippen LogP) is 1.82. The molecule has 4 nitrogen and oxygen atoms in total. The second-order valence-electron chi connectivity index (χ2n) is 3.23. The lowest BCUT2D eigenvalue weighted by atomic mass is 10.1. The van der Waals surface area contributed by atoms with Crippen LogP contribution in [0, 0.1) is 5.82 Å². The average molecular weight is 284 g/mol. The largest absolute Gasteiger partial charge is 0.397 e. The number of anilines is 1. The van der Waals surface area contributed by atoms with Gasteiger partial charge in [0.2, 0.25) is 0 Å². The molecule has 4 N–H and O–H groups in total. The predicted molar refractivity (Wildman–Crippen MR) is 62.3 cm³/mol. The third-order valence-electron chi connectivity index (χ3n) is 2.20. The van der Waals surface area contributed by atoms with E-state index in [1.807, 2.05) is 0 Å². The van der Waals surface area contributed by atoms with E-state index in [-0.39, 0.29) is 11.3 Å². The highest BCUT2D eigenvalue weighted by Gasteiger charge is 2.12. The zero-order chi connectivity index (χ0) is 11.9. The zero-order valence-electron chi connectivity index (χ0n) is 8.00. The van der Waals surface area contributed by atoms with Gasteiger partial charge in [0.05, 0.1) is 16.8 Å². The number of benzene rings is 1. The van der Waals surface area contributed by atoms with Crippen LogP contribution in [0.25, 0.3) is 10.9 Å². The van der Waals surface area contributed by atoms with Gasteiger partial charge in [-0.2, -0.15) is 0 Å². The Labute approximate surface area is 98.6 Å². The third-order valence-corrected chi connectivity index (χ3v) is 2.80. The number of nitrogens with zero attached hydrogens (tertiary/aromatic N) is 1. The summed E-state index contributed by atoms with van der Waals surface area (Å²) in [4.78, 5) is 15.0. The summed E-state index contributed by atoms with van der Waals surface area (Å²) in [5, 5.41) is 0.364. The molecule has 0 fully saturated rings. The van der Waals surface area contributed by atoms with Crippen molar-refractivity contribution in [2.24, 2.45) is 5.73 Å². The van der Waals surface area contributed by atoms with Crippen molar-refractivity contribution in [3.8, 4) is 0 Å². The molecule has 1 aromatic carbocycles. The molecule has 0 unspecified atom stereocenters. The normalized spacial score (nSPS) is 10.6. The minimum absolute atomic E-state index is 0.0880. The number of pyridine rings is 1. The summed E-state index contributed by atoms with van der Waals surface area (Å²) in [5.74, 6) is -1.15. The van der Waals surface area contributed by atoms with Crippen LogP contribution < -0.4 is 11.5 Å². The Morgan fingerprint density at radius 3 is 2.75 bits per heavy atom. The van der Waals surface area contributed by atoms with E-state index in [9.17, 15) is 9.18 Å². The number of carbonyl (C=O) groups is 1. The Morgan fingerprint density at radius 1 is 1.44 bits per heavy atom. The molecule has 1 amide bonds. The smallest absolute Gasteiger partial charge is 0.252 e. The molecule has 82 valence electrons. The molecule has 0 aliphatic carbocycles. The van der Waals surface area contributed by atoms with Gasteiger partial charge >= 0.3 is 0 Å². The van der Waals surface area contributed by atoms with Crippen LogP contribution in [0.1, 0.15) is 10.4 Å². The Morgan fingerprint density at radius 2 is 2.12 bits per heavy atom. The van der Waals surface area contributed by atoms with Crippen molar-refractivity contribution in [1.82, 2.24) is 4.98 Å². The van der Waals surface area contributed by atoms with Crippen molar-refractivity contribution in [1.29, 1.82) is 0 Å². The number of nitrogen functional groups attached to an aromatic ring is 1. The SMILES string of the molecule is NC(=O)c1cnc2c(Br)cc(F)cc2c1N. The van der Waals surface area contributed by atoms with Crippen molar-refractivity contribution in [3.05, 3.63) is 34.2 Å². The number of rotatable bonds is 1. The summed E-state index contributed by atoms with van der Waals surface area (Å²) in [7, 11) is 0. The Balaban J connectivity index is 2.89. The number of carbonyl (C=O) groups excluding carboxylic acids is 1. The summed E-state index contributed by atoms with van der Waals surface area (Å²) in [6.07, 6.45) is 1.28. The number of hydrogen-bond acceptors (Lipinski definition) is 3. The van der Waals surface area contributed by atoms with Crippen molar-refractivity contribution >= 4 is 38.4 Å². The molecule has 0 atom stereocenters. The van der Waals surface area contributed by atoms with E-state index in [2.05, 4.69) is 20.9 Å². The van der Waals surface area contributed by atoms with Crippen molar-refractivity contribution < 1.29 is 9.18 Å². The van der Waals surface area contributed by atoms with Crippen molar-refractivity contribution in [2.75, 3.05) is 5.73 Å². The van der Waals surface area contributed by atoms with Gasteiger partial charge in [0.1, 0.15) is 5.82 Å². The van der Waals surface area contributed by atoms with Gasteiger partial charge in [0, 0.05) is 16.1 Å². The average Bonchev–Trinajstić information content (AvgIpc) is 2.19. The first-order valence-corrected chi connectivity index (χ1v) is 5.13. The number of aromatic nitrogens is 1. The van der Waals surface area contributed by atoms with Crippen LogP contribution in [0.5, 0.6) is 0 Å². The molecule has 6 heteroatoms.